The Bertz CT molecular complexity index is 82.5. The SMILES string of the molecule is [B]C(=O)CCN(C)C. The summed E-state index contributed by atoms with van der Waals surface area (Å²) in [7, 11) is 8.69. The fourth-order valence-electron chi connectivity index (χ4n) is 0.334. The van der Waals surface area contributed by atoms with Crippen LogP contribution in [0.3, 0.4) is 0 Å². The van der Waals surface area contributed by atoms with Crippen LogP contribution in [0.5, 0.6) is 0 Å². The van der Waals surface area contributed by atoms with E-state index in [1.54, 1.807) is 0 Å². The molecule has 0 aliphatic carbocycles. The van der Waals surface area contributed by atoms with E-state index < -0.39 is 0 Å². The van der Waals surface area contributed by atoms with Crippen molar-refractivity contribution in [1.82, 2.24) is 4.90 Å². The molecular weight excluding hydrogens is 101 g/mol. The van der Waals surface area contributed by atoms with E-state index in [4.69, 9.17) is 7.85 Å². The van der Waals surface area contributed by atoms with Crippen molar-refractivity contribution in [2.75, 3.05) is 20.6 Å². The minimum atomic E-state index is -0.237. The molecule has 0 amide bonds. The summed E-state index contributed by atoms with van der Waals surface area (Å²) >= 11 is 0. The van der Waals surface area contributed by atoms with Gasteiger partial charge in [0.15, 0.2) is 7.85 Å². The van der Waals surface area contributed by atoms with Gasteiger partial charge in [0.25, 0.3) is 0 Å². The Morgan fingerprint density at radius 1 is 1.62 bits per heavy atom. The van der Waals surface area contributed by atoms with Crippen molar-refractivity contribution in [3.05, 3.63) is 0 Å². The molecule has 0 N–H and O–H groups in total. The lowest BCUT2D eigenvalue weighted by atomic mass is 10.00. The average Bonchev–Trinajstić information content (AvgIpc) is 1.61. The number of hydrogen-bond donors (Lipinski definition) is 0. The molecule has 2 nitrogen and oxygen atoms in total. The van der Waals surface area contributed by atoms with E-state index in [0.29, 0.717) is 6.42 Å². The van der Waals surface area contributed by atoms with Gasteiger partial charge >= 0.3 is 0 Å². The van der Waals surface area contributed by atoms with E-state index in [2.05, 4.69) is 0 Å². The van der Waals surface area contributed by atoms with Crippen molar-refractivity contribution in [3.63, 3.8) is 0 Å². The summed E-state index contributed by atoms with van der Waals surface area (Å²) < 4.78 is 0. The number of carbonyl (C=O) groups is 1. The lowest BCUT2D eigenvalue weighted by Crippen LogP contribution is -2.16. The molecule has 44 valence electrons. The Kier molecular flexibility index (Phi) is 3.53. The average molecular weight is 111 g/mol. The van der Waals surface area contributed by atoms with Gasteiger partial charge in [0.1, 0.15) is 0 Å². The lowest BCUT2D eigenvalue weighted by Gasteiger charge is -2.05. The molecule has 0 saturated heterocycles. The molecular formula is C5H10BNO. The van der Waals surface area contributed by atoms with Crippen LogP contribution in [0.2, 0.25) is 0 Å². The number of rotatable bonds is 3. The van der Waals surface area contributed by atoms with Gasteiger partial charge < -0.3 is 9.69 Å². The molecule has 0 aromatic carbocycles. The number of hydrogen-bond acceptors (Lipinski definition) is 2. The lowest BCUT2D eigenvalue weighted by molar-refractivity contribution is -0.111. The first-order valence-electron chi connectivity index (χ1n) is 2.56. The third-order valence-corrected chi connectivity index (χ3v) is 0.805. The van der Waals surface area contributed by atoms with E-state index >= 15 is 0 Å². The molecule has 0 rings (SSSR count). The maximum Gasteiger partial charge on any atom is 0.167 e. The summed E-state index contributed by atoms with van der Waals surface area (Å²) in [4.78, 5) is 12.0. The highest BCUT2D eigenvalue weighted by molar-refractivity contribution is 6.57. The second-order valence-electron chi connectivity index (χ2n) is 2.02. The molecule has 2 radical (unpaired) electrons. The van der Waals surface area contributed by atoms with Gasteiger partial charge in [-0.05, 0) is 14.1 Å². The fraction of sp³-hybridized carbons (Fsp3) is 0.800. The molecule has 0 bridgehead atoms. The molecule has 0 aromatic heterocycles. The van der Waals surface area contributed by atoms with E-state index in [1.165, 1.54) is 0 Å². The highest BCUT2D eigenvalue weighted by Gasteiger charge is 1.92. The van der Waals surface area contributed by atoms with Crippen LogP contribution in [0, 0.1) is 0 Å². The van der Waals surface area contributed by atoms with Gasteiger partial charge in [-0.25, -0.2) is 0 Å². The van der Waals surface area contributed by atoms with E-state index in [-0.39, 0.29) is 5.68 Å². The molecule has 0 spiro atoms. The summed E-state index contributed by atoms with van der Waals surface area (Å²) in [6.45, 7) is 0.745. The minimum absolute atomic E-state index is 0.237. The van der Waals surface area contributed by atoms with Crippen molar-refractivity contribution >= 4 is 13.5 Å². The van der Waals surface area contributed by atoms with Crippen molar-refractivity contribution < 1.29 is 4.79 Å². The maximum atomic E-state index is 10.1. The molecule has 0 heterocycles. The molecule has 0 saturated carbocycles. The Balaban J connectivity index is 3.05. The summed E-state index contributed by atoms with van der Waals surface area (Å²) in [5.74, 6) is 0. The highest BCUT2D eigenvalue weighted by atomic mass is 16.1. The highest BCUT2D eigenvalue weighted by Crippen LogP contribution is 1.80. The fourth-order valence-corrected chi connectivity index (χ4v) is 0.334. The number of nitrogens with zero attached hydrogens (tertiary/aromatic N) is 1. The van der Waals surface area contributed by atoms with Gasteiger partial charge in [-0.1, -0.05) is 0 Å². The predicted molar refractivity (Wildman–Crippen MR) is 33.9 cm³/mol. The first-order chi connectivity index (χ1) is 3.63. The molecule has 0 fully saturated rings. The quantitative estimate of drug-likeness (QED) is 0.463. The number of carbonyl (C=O) groups excluding carboxylic acids is 1. The van der Waals surface area contributed by atoms with Crippen molar-refractivity contribution in [2.24, 2.45) is 0 Å². The first-order valence-corrected chi connectivity index (χ1v) is 2.56. The standard InChI is InChI=1S/C5H10BNO/c1-7(2)4-3-5(6)8/h3-4H2,1-2H3. The van der Waals surface area contributed by atoms with Gasteiger partial charge in [0, 0.05) is 13.0 Å². The Labute approximate surface area is 51.3 Å². The van der Waals surface area contributed by atoms with Crippen LogP contribution in [0.25, 0.3) is 0 Å². The Morgan fingerprint density at radius 3 is 2.25 bits per heavy atom. The monoisotopic (exact) mass is 111 g/mol. The topological polar surface area (TPSA) is 20.3 Å². The minimum Gasteiger partial charge on any atom is -0.313 e. The normalized spacial score (nSPS) is 9.88. The van der Waals surface area contributed by atoms with Gasteiger partial charge in [0.2, 0.25) is 0 Å². The molecule has 0 aliphatic rings. The van der Waals surface area contributed by atoms with Crippen LogP contribution in [0.4, 0.5) is 0 Å². The zero-order valence-electron chi connectivity index (χ0n) is 5.35. The summed E-state index contributed by atoms with van der Waals surface area (Å²) in [5, 5.41) is 0. The van der Waals surface area contributed by atoms with Crippen molar-refractivity contribution in [2.45, 2.75) is 6.42 Å². The van der Waals surface area contributed by atoms with Crippen molar-refractivity contribution in [1.29, 1.82) is 0 Å². The molecule has 0 atom stereocenters. The van der Waals surface area contributed by atoms with Crippen LogP contribution in [-0.4, -0.2) is 39.1 Å². The molecule has 0 aromatic rings. The van der Waals surface area contributed by atoms with E-state index in [0.717, 1.165) is 6.54 Å². The second-order valence-corrected chi connectivity index (χ2v) is 2.02. The zero-order valence-corrected chi connectivity index (χ0v) is 5.35. The van der Waals surface area contributed by atoms with Gasteiger partial charge in [-0.3, -0.25) is 0 Å². The third kappa shape index (κ3) is 5.69. The smallest absolute Gasteiger partial charge is 0.167 e. The van der Waals surface area contributed by atoms with Crippen LogP contribution < -0.4 is 0 Å². The molecule has 0 aliphatic heterocycles. The van der Waals surface area contributed by atoms with Crippen LogP contribution in [-0.2, 0) is 4.79 Å². The Hall–Kier alpha value is -0.305. The van der Waals surface area contributed by atoms with Crippen LogP contribution in [0.15, 0.2) is 0 Å². The summed E-state index contributed by atoms with van der Waals surface area (Å²) in [6.07, 6.45) is 0.451. The zero-order chi connectivity index (χ0) is 6.57. The second kappa shape index (κ2) is 3.67. The van der Waals surface area contributed by atoms with Gasteiger partial charge in [0.05, 0.1) is 5.68 Å². The summed E-state index contributed by atoms with van der Waals surface area (Å²) in [5.41, 5.74) is -0.237. The summed E-state index contributed by atoms with van der Waals surface area (Å²) in [6, 6.07) is 0. The molecule has 3 heteroatoms. The first kappa shape index (κ1) is 7.69. The van der Waals surface area contributed by atoms with Crippen molar-refractivity contribution in [3.8, 4) is 0 Å². The molecule has 8 heavy (non-hydrogen) atoms. The van der Waals surface area contributed by atoms with Gasteiger partial charge in [-0.15, -0.1) is 0 Å². The van der Waals surface area contributed by atoms with Crippen LogP contribution in [0.1, 0.15) is 6.42 Å². The van der Waals surface area contributed by atoms with E-state index in [1.807, 2.05) is 19.0 Å². The van der Waals surface area contributed by atoms with Crippen LogP contribution >= 0.6 is 0 Å². The Morgan fingerprint density at radius 2 is 2.12 bits per heavy atom. The van der Waals surface area contributed by atoms with E-state index in [9.17, 15) is 4.79 Å². The predicted octanol–water partition coefficient (Wildman–Crippen LogP) is -0.367. The maximum absolute atomic E-state index is 10.1. The largest absolute Gasteiger partial charge is 0.313 e. The van der Waals surface area contributed by atoms with Gasteiger partial charge in [-0.2, -0.15) is 0 Å². The third-order valence-electron chi connectivity index (χ3n) is 0.805. The molecule has 0 unspecified atom stereocenters.